The molecular weight excluding hydrogens is 322 g/mol. The second-order valence-corrected chi connectivity index (χ2v) is 7.48. The van der Waals surface area contributed by atoms with Crippen LogP contribution in [0.1, 0.15) is 65.6 Å². The summed E-state index contributed by atoms with van der Waals surface area (Å²) in [5.74, 6) is 0.795. The van der Waals surface area contributed by atoms with Crippen LogP contribution in [0.25, 0.3) is 0 Å². The number of carbonyl (C=O) groups is 1. The Bertz CT molecular complexity index is 720. The normalized spacial score (nSPS) is 21.5. The molecule has 1 amide bonds. The minimum atomic E-state index is -0.0320. The van der Waals surface area contributed by atoms with Gasteiger partial charge in [-0.25, -0.2) is 0 Å². The number of morpholine rings is 1. The first kappa shape index (κ1) is 17.3. The van der Waals surface area contributed by atoms with Crippen molar-refractivity contribution in [2.45, 2.75) is 44.1 Å². The summed E-state index contributed by atoms with van der Waals surface area (Å²) in [6, 6.07) is 18.5. The van der Waals surface area contributed by atoms with Gasteiger partial charge in [-0.2, -0.15) is 0 Å². The number of benzene rings is 2. The summed E-state index contributed by atoms with van der Waals surface area (Å²) < 4.78 is 5.88. The SMILES string of the molecule is O=C(c1ccc(C2CCCCC2)cc1)N1CCO[C@@H](c2ccccc2)C1. The Balaban J connectivity index is 1.43. The summed E-state index contributed by atoms with van der Waals surface area (Å²) >= 11 is 0. The lowest BCUT2D eigenvalue weighted by atomic mass is 9.84. The van der Waals surface area contributed by atoms with Crippen molar-refractivity contribution in [1.82, 2.24) is 4.90 Å². The molecule has 1 saturated carbocycles. The first-order valence-corrected chi connectivity index (χ1v) is 9.87. The Morgan fingerprint density at radius 3 is 2.35 bits per heavy atom. The largest absolute Gasteiger partial charge is 0.370 e. The highest BCUT2D eigenvalue weighted by molar-refractivity contribution is 5.94. The molecule has 2 fully saturated rings. The van der Waals surface area contributed by atoms with Gasteiger partial charge in [0, 0.05) is 12.1 Å². The molecule has 4 rings (SSSR count). The zero-order valence-electron chi connectivity index (χ0n) is 15.3. The molecule has 2 aliphatic rings. The number of hydrogen-bond acceptors (Lipinski definition) is 2. The first-order chi connectivity index (χ1) is 12.8. The maximum atomic E-state index is 12.9. The van der Waals surface area contributed by atoms with Gasteiger partial charge in [0.05, 0.1) is 13.2 Å². The lowest BCUT2D eigenvalue weighted by Crippen LogP contribution is -2.42. The Morgan fingerprint density at radius 1 is 0.885 bits per heavy atom. The first-order valence-electron chi connectivity index (χ1n) is 9.87. The predicted octanol–water partition coefficient (Wildman–Crippen LogP) is 4.95. The van der Waals surface area contributed by atoms with E-state index in [4.69, 9.17) is 4.74 Å². The maximum Gasteiger partial charge on any atom is 0.254 e. The molecule has 1 aliphatic carbocycles. The van der Waals surface area contributed by atoms with E-state index in [1.807, 2.05) is 35.2 Å². The third-order valence-electron chi connectivity index (χ3n) is 5.76. The van der Waals surface area contributed by atoms with Crippen molar-refractivity contribution in [3.63, 3.8) is 0 Å². The second-order valence-electron chi connectivity index (χ2n) is 7.48. The molecule has 136 valence electrons. The Hall–Kier alpha value is -2.13. The Morgan fingerprint density at radius 2 is 1.62 bits per heavy atom. The molecule has 2 aromatic rings. The van der Waals surface area contributed by atoms with Crippen LogP contribution < -0.4 is 0 Å². The average Bonchev–Trinajstić information content (AvgIpc) is 2.75. The van der Waals surface area contributed by atoms with Gasteiger partial charge in [-0.1, -0.05) is 61.7 Å². The van der Waals surface area contributed by atoms with Crippen LogP contribution in [-0.4, -0.2) is 30.5 Å². The van der Waals surface area contributed by atoms with E-state index in [0.717, 1.165) is 11.1 Å². The van der Waals surface area contributed by atoms with Gasteiger partial charge in [-0.15, -0.1) is 0 Å². The molecule has 1 atom stereocenters. The fourth-order valence-electron chi connectivity index (χ4n) is 4.22. The molecule has 0 N–H and O–H groups in total. The molecule has 26 heavy (non-hydrogen) atoms. The Labute approximate surface area is 156 Å². The molecular formula is C23H27NO2. The fraction of sp³-hybridized carbons (Fsp3) is 0.435. The number of ether oxygens (including phenoxy) is 1. The van der Waals surface area contributed by atoms with Crippen LogP contribution in [0.2, 0.25) is 0 Å². The van der Waals surface area contributed by atoms with Gasteiger partial charge >= 0.3 is 0 Å². The van der Waals surface area contributed by atoms with E-state index >= 15 is 0 Å². The molecule has 1 saturated heterocycles. The van der Waals surface area contributed by atoms with Crippen LogP contribution in [0.15, 0.2) is 54.6 Å². The highest BCUT2D eigenvalue weighted by atomic mass is 16.5. The van der Waals surface area contributed by atoms with Crippen molar-refractivity contribution in [1.29, 1.82) is 0 Å². The van der Waals surface area contributed by atoms with Crippen molar-refractivity contribution in [2.75, 3.05) is 19.7 Å². The van der Waals surface area contributed by atoms with Gasteiger partial charge in [-0.3, -0.25) is 4.79 Å². The topological polar surface area (TPSA) is 29.5 Å². The summed E-state index contributed by atoms with van der Waals surface area (Å²) in [6.45, 7) is 1.87. The molecule has 0 spiro atoms. The smallest absolute Gasteiger partial charge is 0.254 e. The molecule has 1 heterocycles. The van der Waals surface area contributed by atoms with Crippen LogP contribution in [0.5, 0.6) is 0 Å². The van der Waals surface area contributed by atoms with E-state index in [9.17, 15) is 4.79 Å². The van der Waals surface area contributed by atoms with Crippen LogP contribution in [0, 0.1) is 0 Å². The van der Waals surface area contributed by atoms with Gasteiger partial charge in [0.25, 0.3) is 5.91 Å². The zero-order chi connectivity index (χ0) is 17.8. The number of rotatable bonds is 3. The van der Waals surface area contributed by atoms with Crippen LogP contribution in [-0.2, 0) is 4.74 Å². The molecule has 0 bridgehead atoms. The lowest BCUT2D eigenvalue weighted by Gasteiger charge is -2.33. The number of amides is 1. The average molecular weight is 349 g/mol. The molecule has 3 nitrogen and oxygen atoms in total. The van der Waals surface area contributed by atoms with Crippen molar-refractivity contribution in [3.8, 4) is 0 Å². The van der Waals surface area contributed by atoms with E-state index in [2.05, 4.69) is 24.3 Å². The maximum absolute atomic E-state index is 12.9. The van der Waals surface area contributed by atoms with Crippen molar-refractivity contribution < 1.29 is 9.53 Å². The molecule has 0 radical (unpaired) electrons. The van der Waals surface area contributed by atoms with Crippen LogP contribution in [0.3, 0.4) is 0 Å². The fourth-order valence-corrected chi connectivity index (χ4v) is 4.22. The Kier molecular flexibility index (Phi) is 5.35. The monoisotopic (exact) mass is 349 g/mol. The van der Waals surface area contributed by atoms with Gasteiger partial charge in [0.1, 0.15) is 6.10 Å². The molecule has 2 aromatic carbocycles. The van der Waals surface area contributed by atoms with Crippen molar-refractivity contribution in [2.24, 2.45) is 0 Å². The van der Waals surface area contributed by atoms with Crippen LogP contribution in [0.4, 0.5) is 0 Å². The molecule has 0 unspecified atom stereocenters. The van der Waals surface area contributed by atoms with E-state index in [-0.39, 0.29) is 12.0 Å². The lowest BCUT2D eigenvalue weighted by molar-refractivity contribution is -0.0228. The number of carbonyl (C=O) groups excluding carboxylic acids is 1. The second kappa shape index (κ2) is 8.05. The molecule has 0 aromatic heterocycles. The minimum absolute atomic E-state index is 0.0320. The summed E-state index contributed by atoms with van der Waals surface area (Å²) in [6.07, 6.45) is 6.58. The van der Waals surface area contributed by atoms with Crippen molar-refractivity contribution >= 4 is 5.91 Å². The minimum Gasteiger partial charge on any atom is -0.370 e. The predicted molar refractivity (Wildman–Crippen MR) is 103 cm³/mol. The summed E-state index contributed by atoms with van der Waals surface area (Å²) in [5.41, 5.74) is 3.32. The highest BCUT2D eigenvalue weighted by Crippen LogP contribution is 2.32. The molecule has 1 aliphatic heterocycles. The van der Waals surface area contributed by atoms with Crippen LogP contribution >= 0.6 is 0 Å². The third kappa shape index (κ3) is 3.83. The third-order valence-corrected chi connectivity index (χ3v) is 5.76. The standard InChI is InChI=1S/C23H27NO2/c25-23(21-13-11-19(12-14-21)18-7-3-1-4-8-18)24-15-16-26-22(17-24)20-9-5-2-6-10-20/h2,5-6,9-14,18,22H,1,3-4,7-8,15-17H2/t22-/m1/s1. The number of hydrogen-bond donors (Lipinski definition) is 0. The summed E-state index contributed by atoms with van der Waals surface area (Å²) in [4.78, 5) is 14.9. The quantitative estimate of drug-likeness (QED) is 0.785. The summed E-state index contributed by atoms with van der Waals surface area (Å²) in [5, 5.41) is 0. The van der Waals surface area contributed by atoms with E-state index in [1.165, 1.54) is 37.7 Å². The zero-order valence-corrected chi connectivity index (χ0v) is 15.3. The number of nitrogens with zero attached hydrogens (tertiary/aromatic N) is 1. The van der Waals surface area contributed by atoms with Gasteiger partial charge in [0.15, 0.2) is 0 Å². The highest BCUT2D eigenvalue weighted by Gasteiger charge is 2.26. The molecule has 3 heteroatoms. The van der Waals surface area contributed by atoms with Gasteiger partial charge in [-0.05, 0) is 42.0 Å². The van der Waals surface area contributed by atoms with E-state index in [1.54, 1.807) is 0 Å². The van der Waals surface area contributed by atoms with E-state index in [0.29, 0.717) is 25.6 Å². The van der Waals surface area contributed by atoms with Crippen molar-refractivity contribution in [3.05, 3.63) is 71.3 Å². The van der Waals surface area contributed by atoms with E-state index < -0.39 is 0 Å². The van der Waals surface area contributed by atoms with Gasteiger partial charge < -0.3 is 9.64 Å². The summed E-state index contributed by atoms with van der Waals surface area (Å²) in [7, 11) is 0. The van der Waals surface area contributed by atoms with Gasteiger partial charge in [0.2, 0.25) is 0 Å².